The van der Waals surface area contributed by atoms with Gasteiger partial charge in [-0.15, -0.1) is 0 Å². The van der Waals surface area contributed by atoms with Crippen molar-refractivity contribution in [1.82, 2.24) is 10.3 Å². The van der Waals surface area contributed by atoms with Crippen LogP contribution in [0, 0.1) is 0 Å². The standard InChI is InChI=1S/C10H14BrIN2/c11-9-3-4-10(14-7-9)8-13-6-2-1-5-12/h3-4,7,13H,1-2,5-6,8H2. The number of aromatic nitrogens is 1. The Morgan fingerprint density at radius 3 is 2.86 bits per heavy atom. The first-order valence-electron chi connectivity index (χ1n) is 4.70. The lowest BCUT2D eigenvalue weighted by Crippen LogP contribution is -2.15. The molecule has 0 atom stereocenters. The minimum Gasteiger partial charge on any atom is -0.311 e. The van der Waals surface area contributed by atoms with Crippen LogP contribution in [0.4, 0.5) is 0 Å². The van der Waals surface area contributed by atoms with Crippen LogP contribution in [-0.4, -0.2) is 16.0 Å². The van der Waals surface area contributed by atoms with Crippen LogP contribution >= 0.6 is 38.5 Å². The summed E-state index contributed by atoms with van der Waals surface area (Å²) in [6, 6.07) is 4.06. The Bertz CT molecular complexity index is 251. The molecule has 2 nitrogen and oxygen atoms in total. The molecule has 0 spiro atoms. The zero-order valence-electron chi connectivity index (χ0n) is 7.97. The largest absolute Gasteiger partial charge is 0.311 e. The molecular weight excluding hydrogens is 355 g/mol. The van der Waals surface area contributed by atoms with Gasteiger partial charge >= 0.3 is 0 Å². The summed E-state index contributed by atoms with van der Waals surface area (Å²) in [4.78, 5) is 4.29. The maximum absolute atomic E-state index is 4.29. The molecule has 0 radical (unpaired) electrons. The summed E-state index contributed by atoms with van der Waals surface area (Å²) in [5, 5.41) is 3.37. The van der Waals surface area contributed by atoms with Gasteiger partial charge in [0.25, 0.3) is 0 Å². The number of pyridine rings is 1. The molecule has 1 N–H and O–H groups in total. The van der Waals surface area contributed by atoms with E-state index in [-0.39, 0.29) is 0 Å². The van der Waals surface area contributed by atoms with Gasteiger partial charge < -0.3 is 5.32 Å². The molecule has 0 saturated heterocycles. The summed E-state index contributed by atoms with van der Waals surface area (Å²) < 4.78 is 2.28. The Kier molecular flexibility index (Phi) is 6.72. The van der Waals surface area contributed by atoms with E-state index >= 15 is 0 Å². The summed E-state index contributed by atoms with van der Waals surface area (Å²) in [6.07, 6.45) is 4.38. The average molecular weight is 369 g/mol. The fraction of sp³-hybridized carbons (Fsp3) is 0.500. The zero-order chi connectivity index (χ0) is 10.2. The van der Waals surface area contributed by atoms with Crippen LogP contribution in [-0.2, 0) is 6.54 Å². The van der Waals surface area contributed by atoms with Gasteiger partial charge in [0.05, 0.1) is 5.69 Å². The SMILES string of the molecule is Brc1ccc(CNCCCCI)nc1. The van der Waals surface area contributed by atoms with Crippen LogP contribution in [0.25, 0.3) is 0 Å². The van der Waals surface area contributed by atoms with Crippen LogP contribution in [0.5, 0.6) is 0 Å². The number of nitrogens with zero attached hydrogens (tertiary/aromatic N) is 1. The molecule has 1 heterocycles. The van der Waals surface area contributed by atoms with Crippen LogP contribution in [0.2, 0.25) is 0 Å². The van der Waals surface area contributed by atoms with Crippen molar-refractivity contribution in [2.24, 2.45) is 0 Å². The predicted octanol–water partition coefficient (Wildman–Crippen LogP) is 3.15. The zero-order valence-corrected chi connectivity index (χ0v) is 11.7. The third-order valence-electron chi connectivity index (χ3n) is 1.83. The monoisotopic (exact) mass is 368 g/mol. The second-order valence-electron chi connectivity index (χ2n) is 3.04. The van der Waals surface area contributed by atoms with E-state index in [4.69, 9.17) is 0 Å². The van der Waals surface area contributed by atoms with Crippen molar-refractivity contribution >= 4 is 38.5 Å². The molecule has 0 amide bonds. The third kappa shape index (κ3) is 5.26. The molecule has 0 saturated carbocycles. The fourth-order valence-corrected chi connectivity index (χ4v) is 1.85. The molecule has 1 aromatic rings. The summed E-state index contributed by atoms with van der Waals surface area (Å²) in [5.41, 5.74) is 1.10. The smallest absolute Gasteiger partial charge is 0.0542 e. The summed E-state index contributed by atoms with van der Waals surface area (Å²) >= 11 is 5.77. The number of hydrogen-bond donors (Lipinski definition) is 1. The molecular formula is C10H14BrIN2. The molecule has 4 heteroatoms. The Morgan fingerprint density at radius 1 is 1.36 bits per heavy atom. The molecule has 0 unspecified atom stereocenters. The highest BCUT2D eigenvalue weighted by Crippen LogP contribution is 2.06. The molecule has 78 valence electrons. The topological polar surface area (TPSA) is 24.9 Å². The van der Waals surface area contributed by atoms with E-state index in [1.54, 1.807) is 0 Å². The minimum absolute atomic E-state index is 0.870. The van der Waals surface area contributed by atoms with E-state index in [0.717, 1.165) is 23.3 Å². The van der Waals surface area contributed by atoms with Gasteiger partial charge in [-0.1, -0.05) is 22.6 Å². The molecule has 0 aliphatic rings. The van der Waals surface area contributed by atoms with Gasteiger partial charge in [-0.2, -0.15) is 0 Å². The predicted molar refractivity (Wildman–Crippen MR) is 71.8 cm³/mol. The number of halogens is 2. The molecule has 0 bridgehead atoms. The van der Waals surface area contributed by atoms with E-state index in [2.05, 4.69) is 48.8 Å². The summed E-state index contributed by atoms with van der Waals surface area (Å²) in [5.74, 6) is 0. The van der Waals surface area contributed by atoms with Gasteiger partial charge in [-0.3, -0.25) is 4.98 Å². The number of alkyl halides is 1. The first kappa shape index (κ1) is 12.4. The van der Waals surface area contributed by atoms with Crippen LogP contribution in [0.15, 0.2) is 22.8 Å². The van der Waals surface area contributed by atoms with Gasteiger partial charge in [0.2, 0.25) is 0 Å². The van der Waals surface area contributed by atoms with Crippen molar-refractivity contribution < 1.29 is 0 Å². The van der Waals surface area contributed by atoms with Crippen molar-refractivity contribution in [1.29, 1.82) is 0 Å². The second-order valence-corrected chi connectivity index (χ2v) is 5.04. The van der Waals surface area contributed by atoms with Crippen LogP contribution in [0.3, 0.4) is 0 Å². The van der Waals surface area contributed by atoms with Gasteiger partial charge in [0.1, 0.15) is 0 Å². The summed E-state index contributed by atoms with van der Waals surface area (Å²) in [6.45, 7) is 1.95. The third-order valence-corrected chi connectivity index (χ3v) is 3.06. The lowest BCUT2D eigenvalue weighted by Gasteiger charge is -2.03. The maximum Gasteiger partial charge on any atom is 0.0542 e. The highest BCUT2D eigenvalue weighted by Gasteiger charge is 1.93. The number of unbranched alkanes of at least 4 members (excludes halogenated alkanes) is 1. The molecule has 0 aliphatic heterocycles. The maximum atomic E-state index is 4.29. The molecule has 0 fully saturated rings. The quantitative estimate of drug-likeness (QED) is 0.474. The fourth-order valence-electron chi connectivity index (χ4n) is 1.07. The van der Waals surface area contributed by atoms with Gasteiger partial charge in [0.15, 0.2) is 0 Å². The number of nitrogens with one attached hydrogen (secondary N) is 1. The molecule has 1 aromatic heterocycles. The molecule has 0 aromatic carbocycles. The van der Waals surface area contributed by atoms with Gasteiger partial charge in [0, 0.05) is 17.2 Å². The minimum atomic E-state index is 0.870. The van der Waals surface area contributed by atoms with E-state index < -0.39 is 0 Å². The highest BCUT2D eigenvalue weighted by molar-refractivity contribution is 14.1. The number of rotatable bonds is 6. The van der Waals surface area contributed by atoms with E-state index in [9.17, 15) is 0 Å². The van der Waals surface area contributed by atoms with Crippen molar-refractivity contribution in [2.45, 2.75) is 19.4 Å². The first-order chi connectivity index (χ1) is 6.83. The van der Waals surface area contributed by atoms with Crippen molar-refractivity contribution in [3.8, 4) is 0 Å². The normalized spacial score (nSPS) is 10.4. The molecule has 1 rings (SSSR count). The van der Waals surface area contributed by atoms with Crippen molar-refractivity contribution in [2.75, 3.05) is 11.0 Å². The Hall–Kier alpha value is 0.320. The van der Waals surface area contributed by atoms with E-state index in [1.807, 2.05) is 18.3 Å². The van der Waals surface area contributed by atoms with Crippen molar-refractivity contribution in [3.05, 3.63) is 28.5 Å². The van der Waals surface area contributed by atoms with E-state index in [0.29, 0.717) is 0 Å². The first-order valence-corrected chi connectivity index (χ1v) is 7.02. The Balaban J connectivity index is 2.15. The summed E-state index contributed by atoms with van der Waals surface area (Å²) in [7, 11) is 0. The Morgan fingerprint density at radius 2 is 2.21 bits per heavy atom. The molecule has 0 aliphatic carbocycles. The highest BCUT2D eigenvalue weighted by atomic mass is 127. The van der Waals surface area contributed by atoms with Crippen LogP contribution in [0.1, 0.15) is 18.5 Å². The van der Waals surface area contributed by atoms with Crippen molar-refractivity contribution in [3.63, 3.8) is 0 Å². The van der Waals surface area contributed by atoms with Crippen LogP contribution < -0.4 is 5.32 Å². The average Bonchev–Trinajstić information content (AvgIpc) is 2.21. The Labute approximate surface area is 107 Å². The van der Waals surface area contributed by atoms with Gasteiger partial charge in [-0.25, -0.2) is 0 Å². The van der Waals surface area contributed by atoms with Gasteiger partial charge in [-0.05, 0) is 51.9 Å². The number of hydrogen-bond acceptors (Lipinski definition) is 2. The lowest BCUT2D eigenvalue weighted by molar-refractivity contribution is 0.637. The van der Waals surface area contributed by atoms with E-state index in [1.165, 1.54) is 17.3 Å². The lowest BCUT2D eigenvalue weighted by atomic mass is 10.3. The second kappa shape index (κ2) is 7.59. The molecule has 14 heavy (non-hydrogen) atoms.